The zero-order valence-electron chi connectivity index (χ0n) is 11.5. The van der Waals surface area contributed by atoms with Gasteiger partial charge < -0.3 is 5.32 Å². The largest absolute Gasteiger partial charge is 0.354 e. The van der Waals surface area contributed by atoms with Crippen molar-refractivity contribution in [3.63, 3.8) is 0 Å². The molecule has 2 rings (SSSR count). The fraction of sp³-hybridized carbons (Fsp3) is 0.385. The van der Waals surface area contributed by atoms with Crippen LogP contribution in [0.25, 0.3) is 11.4 Å². The van der Waals surface area contributed by atoms with Crippen LogP contribution in [0.1, 0.15) is 13.8 Å². The van der Waals surface area contributed by atoms with E-state index in [0.29, 0.717) is 23.1 Å². The fourth-order valence-corrected chi connectivity index (χ4v) is 1.90. The summed E-state index contributed by atoms with van der Waals surface area (Å²) in [4.78, 5) is 15.9. The first-order valence-electron chi connectivity index (χ1n) is 6.40. The normalized spacial score (nSPS) is 10.8. The number of carbonyl (C=O) groups excluding carboxylic acids is 1. The van der Waals surface area contributed by atoms with Crippen molar-refractivity contribution in [2.45, 2.75) is 20.4 Å². The van der Waals surface area contributed by atoms with Crippen LogP contribution in [0.2, 0.25) is 0 Å². The number of nitrogens with zero attached hydrogens (tertiary/aromatic N) is 3. The molecule has 0 aliphatic heterocycles. The predicted octanol–water partition coefficient (Wildman–Crippen LogP) is 1.77. The molecule has 0 atom stereocenters. The van der Waals surface area contributed by atoms with Gasteiger partial charge in [0.2, 0.25) is 5.91 Å². The van der Waals surface area contributed by atoms with Crippen LogP contribution in [0.15, 0.2) is 24.5 Å². The second kappa shape index (κ2) is 6.42. The average Bonchev–Trinajstić information content (AvgIpc) is 2.79. The van der Waals surface area contributed by atoms with E-state index >= 15 is 0 Å². The maximum atomic E-state index is 11.9. The van der Waals surface area contributed by atoms with Crippen molar-refractivity contribution in [1.29, 1.82) is 0 Å². The van der Waals surface area contributed by atoms with E-state index in [-0.39, 0.29) is 12.5 Å². The van der Waals surface area contributed by atoms with Crippen molar-refractivity contribution in [2.75, 3.05) is 6.54 Å². The van der Waals surface area contributed by atoms with Gasteiger partial charge in [-0.2, -0.15) is 5.10 Å². The zero-order valence-corrected chi connectivity index (χ0v) is 12.3. The Morgan fingerprint density at radius 1 is 1.45 bits per heavy atom. The van der Waals surface area contributed by atoms with Gasteiger partial charge in [-0.3, -0.25) is 19.4 Å². The molecule has 0 radical (unpaired) electrons. The molecule has 0 aromatic carbocycles. The number of hydrogen-bond donors (Lipinski definition) is 2. The summed E-state index contributed by atoms with van der Waals surface area (Å²) in [6.45, 7) is 4.90. The summed E-state index contributed by atoms with van der Waals surface area (Å²) in [6.07, 6.45) is 3.35. The van der Waals surface area contributed by atoms with Gasteiger partial charge in [-0.25, -0.2) is 0 Å². The number of nitrogens with one attached hydrogen (secondary N) is 2. The number of aromatic nitrogens is 4. The molecule has 6 nitrogen and oxygen atoms in total. The Morgan fingerprint density at radius 3 is 2.80 bits per heavy atom. The van der Waals surface area contributed by atoms with Crippen molar-refractivity contribution in [3.05, 3.63) is 29.3 Å². The molecule has 1 amide bonds. The summed E-state index contributed by atoms with van der Waals surface area (Å²) in [5, 5.41) is 9.76. The van der Waals surface area contributed by atoms with Crippen LogP contribution in [0.3, 0.4) is 0 Å². The topological polar surface area (TPSA) is 75.6 Å². The van der Waals surface area contributed by atoms with Crippen LogP contribution in [0, 0.1) is 10.7 Å². The van der Waals surface area contributed by atoms with Gasteiger partial charge in [-0.1, -0.05) is 13.8 Å². The molecular weight excluding hydrogens is 274 g/mol. The van der Waals surface area contributed by atoms with Crippen LogP contribution in [0.4, 0.5) is 0 Å². The maximum Gasteiger partial charge on any atom is 0.240 e. The van der Waals surface area contributed by atoms with Crippen LogP contribution >= 0.6 is 12.2 Å². The highest BCUT2D eigenvalue weighted by molar-refractivity contribution is 7.71. The Bertz CT molecular complexity index is 632. The fourth-order valence-electron chi connectivity index (χ4n) is 1.70. The molecule has 2 aromatic heterocycles. The summed E-state index contributed by atoms with van der Waals surface area (Å²) in [6, 6.07) is 3.65. The van der Waals surface area contributed by atoms with Gasteiger partial charge >= 0.3 is 0 Å². The first kappa shape index (κ1) is 14.4. The standard InChI is InChI=1S/C13H17N5OS/c1-9(2)7-15-11(19)8-18-12(16-17-13(18)20)10-3-5-14-6-4-10/h3-6,9H,7-8H2,1-2H3,(H,15,19)(H,17,20). The Kier molecular flexibility index (Phi) is 4.62. The van der Waals surface area contributed by atoms with E-state index in [1.807, 2.05) is 26.0 Å². The van der Waals surface area contributed by atoms with Gasteiger partial charge in [0, 0.05) is 24.5 Å². The van der Waals surface area contributed by atoms with Crippen molar-refractivity contribution in [3.8, 4) is 11.4 Å². The van der Waals surface area contributed by atoms with Crippen LogP contribution in [-0.2, 0) is 11.3 Å². The molecule has 0 spiro atoms. The monoisotopic (exact) mass is 291 g/mol. The molecule has 2 aromatic rings. The van der Waals surface area contributed by atoms with Crippen molar-refractivity contribution in [2.24, 2.45) is 5.92 Å². The quantitative estimate of drug-likeness (QED) is 0.823. The van der Waals surface area contributed by atoms with Crippen molar-refractivity contribution >= 4 is 18.1 Å². The number of H-pyrrole nitrogens is 1. The molecule has 0 aliphatic rings. The maximum absolute atomic E-state index is 11.9. The lowest BCUT2D eigenvalue weighted by molar-refractivity contribution is -0.121. The van der Waals surface area contributed by atoms with E-state index in [1.54, 1.807) is 17.0 Å². The second-order valence-electron chi connectivity index (χ2n) is 4.87. The molecule has 0 unspecified atom stereocenters. The van der Waals surface area contributed by atoms with Crippen molar-refractivity contribution in [1.82, 2.24) is 25.1 Å². The van der Waals surface area contributed by atoms with E-state index in [2.05, 4.69) is 20.5 Å². The first-order chi connectivity index (χ1) is 9.58. The van der Waals surface area contributed by atoms with Crippen molar-refractivity contribution < 1.29 is 4.79 Å². The minimum atomic E-state index is -0.0773. The second-order valence-corrected chi connectivity index (χ2v) is 5.26. The summed E-state index contributed by atoms with van der Waals surface area (Å²) in [5.41, 5.74) is 0.865. The van der Waals surface area contributed by atoms with E-state index in [4.69, 9.17) is 12.2 Å². The summed E-state index contributed by atoms with van der Waals surface area (Å²) >= 11 is 5.18. The van der Waals surface area contributed by atoms with Gasteiger partial charge in [0.15, 0.2) is 10.6 Å². The number of aromatic amines is 1. The third kappa shape index (κ3) is 3.51. The summed E-state index contributed by atoms with van der Waals surface area (Å²) < 4.78 is 2.11. The molecule has 0 saturated carbocycles. The van der Waals surface area contributed by atoms with Gasteiger partial charge in [0.25, 0.3) is 0 Å². The SMILES string of the molecule is CC(C)CNC(=O)Cn1c(-c2ccncc2)n[nH]c1=S. The first-order valence-corrected chi connectivity index (χ1v) is 6.81. The molecule has 20 heavy (non-hydrogen) atoms. The molecule has 106 valence electrons. The van der Waals surface area contributed by atoms with E-state index < -0.39 is 0 Å². The van der Waals surface area contributed by atoms with E-state index in [0.717, 1.165) is 5.56 Å². The molecular formula is C13H17N5OS. The minimum Gasteiger partial charge on any atom is -0.354 e. The highest BCUT2D eigenvalue weighted by atomic mass is 32.1. The highest BCUT2D eigenvalue weighted by Gasteiger charge is 2.12. The lowest BCUT2D eigenvalue weighted by Crippen LogP contribution is -2.30. The number of pyridine rings is 1. The average molecular weight is 291 g/mol. The lowest BCUT2D eigenvalue weighted by Gasteiger charge is -2.09. The van der Waals surface area contributed by atoms with Crippen LogP contribution in [-0.4, -0.2) is 32.2 Å². The Balaban J connectivity index is 2.18. The molecule has 0 aliphatic carbocycles. The number of hydrogen-bond acceptors (Lipinski definition) is 4. The zero-order chi connectivity index (χ0) is 14.5. The van der Waals surface area contributed by atoms with E-state index in [1.165, 1.54) is 0 Å². The van der Waals surface area contributed by atoms with Crippen LogP contribution < -0.4 is 5.32 Å². The number of carbonyl (C=O) groups is 1. The molecule has 2 heterocycles. The molecule has 0 bridgehead atoms. The highest BCUT2D eigenvalue weighted by Crippen LogP contribution is 2.15. The lowest BCUT2D eigenvalue weighted by atomic mass is 10.2. The number of rotatable bonds is 5. The molecule has 0 saturated heterocycles. The molecule has 7 heteroatoms. The molecule has 0 fully saturated rings. The van der Waals surface area contributed by atoms with Crippen LogP contribution in [0.5, 0.6) is 0 Å². The summed E-state index contributed by atoms with van der Waals surface area (Å²) in [5.74, 6) is 0.972. The third-order valence-corrected chi connectivity index (χ3v) is 3.02. The van der Waals surface area contributed by atoms with Gasteiger partial charge in [0.05, 0.1) is 0 Å². The Hall–Kier alpha value is -2.02. The van der Waals surface area contributed by atoms with Gasteiger partial charge in [-0.15, -0.1) is 0 Å². The minimum absolute atomic E-state index is 0.0773. The molecule has 2 N–H and O–H groups in total. The van der Waals surface area contributed by atoms with Gasteiger partial charge in [-0.05, 0) is 30.3 Å². The summed E-state index contributed by atoms with van der Waals surface area (Å²) in [7, 11) is 0. The van der Waals surface area contributed by atoms with Gasteiger partial charge in [0.1, 0.15) is 6.54 Å². The number of amides is 1. The van der Waals surface area contributed by atoms with E-state index in [9.17, 15) is 4.79 Å². The smallest absolute Gasteiger partial charge is 0.240 e. The Labute approximate surface area is 122 Å². The third-order valence-electron chi connectivity index (χ3n) is 2.71. The Morgan fingerprint density at radius 2 is 2.15 bits per heavy atom. The predicted molar refractivity (Wildman–Crippen MR) is 78.5 cm³/mol.